The van der Waals surface area contributed by atoms with Crippen LogP contribution in [-0.2, 0) is 17.5 Å². The van der Waals surface area contributed by atoms with Crippen molar-refractivity contribution in [2.24, 2.45) is 0 Å². The van der Waals surface area contributed by atoms with Crippen molar-refractivity contribution in [2.75, 3.05) is 6.61 Å². The second kappa shape index (κ2) is 3.89. The highest BCUT2D eigenvalue weighted by molar-refractivity contribution is 5.74. The molecule has 7 heteroatoms. The quantitative estimate of drug-likeness (QED) is 0.744. The molecule has 0 bridgehead atoms. The molecular weight excluding hydrogens is 225 g/mol. The van der Waals surface area contributed by atoms with E-state index in [1.54, 1.807) is 0 Å². The van der Waals surface area contributed by atoms with Crippen LogP contribution in [0.2, 0.25) is 0 Å². The molecule has 0 radical (unpaired) electrons. The molecule has 0 amide bonds. The van der Waals surface area contributed by atoms with Gasteiger partial charge in [-0.05, 0) is 6.42 Å². The first kappa shape index (κ1) is 11.1. The van der Waals surface area contributed by atoms with E-state index in [4.69, 9.17) is 4.74 Å². The molecule has 1 fully saturated rings. The van der Waals surface area contributed by atoms with Crippen LogP contribution < -0.4 is 0 Å². The van der Waals surface area contributed by atoms with E-state index >= 15 is 0 Å². The second-order valence-corrected chi connectivity index (χ2v) is 3.53. The standard InChI is InChI=1S/C9H9F3N2O2/c10-9(11,12)8-7(4-15)14(5-13-8)3-6-1-2-16-6/h4-6H,1-3H2/t6-/m0/s1. The number of alkyl halides is 3. The van der Waals surface area contributed by atoms with E-state index in [2.05, 4.69) is 4.98 Å². The van der Waals surface area contributed by atoms with Crippen LogP contribution in [0.5, 0.6) is 0 Å². The molecule has 0 aromatic carbocycles. The third-order valence-electron chi connectivity index (χ3n) is 2.45. The maximum atomic E-state index is 12.4. The zero-order valence-electron chi connectivity index (χ0n) is 8.20. The first-order chi connectivity index (χ1) is 7.52. The van der Waals surface area contributed by atoms with Gasteiger partial charge in [-0.2, -0.15) is 13.2 Å². The smallest absolute Gasteiger partial charge is 0.376 e. The Hall–Kier alpha value is -1.37. The maximum absolute atomic E-state index is 12.4. The summed E-state index contributed by atoms with van der Waals surface area (Å²) in [5.41, 5.74) is -1.58. The van der Waals surface area contributed by atoms with Crippen molar-refractivity contribution in [1.82, 2.24) is 9.55 Å². The van der Waals surface area contributed by atoms with E-state index in [-0.39, 0.29) is 18.9 Å². The van der Waals surface area contributed by atoms with E-state index in [9.17, 15) is 18.0 Å². The highest BCUT2D eigenvalue weighted by Crippen LogP contribution is 2.30. The van der Waals surface area contributed by atoms with E-state index in [0.717, 1.165) is 12.7 Å². The van der Waals surface area contributed by atoms with Gasteiger partial charge >= 0.3 is 6.18 Å². The molecule has 16 heavy (non-hydrogen) atoms. The minimum absolute atomic E-state index is 0.117. The number of rotatable bonds is 3. The van der Waals surface area contributed by atoms with Crippen molar-refractivity contribution in [3.05, 3.63) is 17.7 Å². The summed E-state index contributed by atoms with van der Waals surface area (Å²) in [5.74, 6) is 0. The van der Waals surface area contributed by atoms with Gasteiger partial charge in [0.15, 0.2) is 12.0 Å². The number of aromatic nitrogens is 2. The summed E-state index contributed by atoms with van der Waals surface area (Å²) in [4.78, 5) is 13.9. The molecule has 1 aromatic heterocycles. The molecular formula is C9H9F3N2O2. The molecule has 0 spiro atoms. The van der Waals surface area contributed by atoms with E-state index < -0.39 is 17.6 Å². The van der Waals surface area contributed by atoms with Gasteiger partial charge in [0, 0.05) is 6.61 Å². The lowest BCUT2D eigenvalue weighted by Crippen LogP contribution is -2.31. The van der Waals surface area contributed by atoms with Crippen molar-refractivity contribution >= 4 is 6.29 Å². The van der Waals surface area contributed by atoms with Crippen molar-refractivity contribution in [1.29, 1.82) is 0 Å². The summed E-state index contributed by atoms with van der Waals surface area (Å²) >= 11 is 0. The van der Waals surface area contributed by atoms with Crippen LogP contribution in [0.3, 0.4) is 0 Å². The van der Waals surface area contributed by atoms with Crippen molar-refractivity contribution in [3.8, 4) is 0 Å². The zero-order valence-corrected chi connectivity index (χ0v) is 8.20. The van der Waals surface area contributed by atoms with Crippen LogP contribution in [0.25, 0.3) is 0 Å². The Bertz CT molecular complexity index is 396. The molecule has 1 aliphatic rings. The van der Waals surface area contributed by atoms with Gasteiger partial charge in [-0.1, -0.05) is 0 Å². The number of aldehydes is 1. The summed E-state index contributed by atoms with van der Waals surface area (Å²) < 4.78 is 43.5. The fraction of sp³-hybridized carbons (Fsp3) is 0.556. The van der Waals surface area contributed by atoms with E-state index in [1.807, 2.05) is 0 Å². The monoisotopic (exact) mass is 234 g/mol. The number of imidazole rings is 1. The van der Waals surface area contributed by atoms with Gasteiger partial charge in [0.25, 0.3) is 0 Å². The van der Waals surface area contributed by atoms with Crippen molar-refractivity contribution in [3.63, 3.8) is 0 Å². The summed E-state index contributed by atoms with van der Waals surface area (Å²) in [7, 11) is 0. The van der Waals surface area contributed by atoms with Crippen LogP contribution in [0.1, 0.15) is 22.6 Å². The lowest BCUT2D eigenvalue weighted by molar-refractivity contribution is -0.141. The highest BCUT2D eigenvalue weighted by atomic mass is 19.4. The van der Waals surface area contributed by atoms with Crippen LogP contribution in [-0.4, -0.2) is 28.5 Å². The molecule has 1 aromatic rings. The average molecular weight is 234 g/mol. The zero-order chi connectivity index (χ0) is 11.8. The van der Waals surface area contributed by atoms with E-state index in [0.29, 0.717) is 6.61 Å². The fourth-order valence-electron chi connectivity index (χ4n) is 1.53. The van der Waals surface area contributed by atoms with Crippen molar-refractivity contribution in [2.45, 2.75) is 25.2 Å². The topological polar surface area (TPSA) is 44.1 Å². The normalized spacial score (nSPS) is 20.6. The predicted octanol–water partition coefficient (Wildman–Crippen LogP) is 1.50. The van der Waals surface area contributed by atoms with Crippen LogP contribution in [0.15, 0.2) is 6.33 Å². The molecule has 0 saturated carbocycles. The number of hydrogen-bond donors (Lipinski definition) is 0. The second-order valence-electron chi connectivity index (χ2n) is 3.53. The van der Waals surface area contributed by atoms with E-state index in [1.165, 1.54) is 4.57 Å². The molecule has 0 N–H and O–H groups in total. The summed E-state index contributed by atoms with van der Waals surface area (Å²) in [5, 5.41) is 0. The molecule has 0 aliphatic carbocycles. The number of carbonyl (C=O) groups is 1. The van der Waals surface area contributed by atoms with Crippen LogP contribution in [0.4, 0.5) is 13.2 Å². The Morgan fingerprint density at radius 1 is 1.62 bits per heavy atom. The third kappa shape index (κ3) is 1.95. The van der Waals surface area contributed by atoms with Gasteiger partial charge in [-0.3, -0.25) is 4.79 Å². The van der Waals surface area contributed by atoms with Gasteiger partial charge in [0.2, 0.25) is 0 Å². The van der Waals surface area contributed by atoms with Crippen molar-refractivity contribution < 1.29 is 22.7 Å². The molecule has 0 unspecified atom stereocenters. The lowest BCUT2D eigenvalue weighted by atomic mass is 10.2. The minimum Gasteiger partial charge on any atom is -0.376 e. The molecule has 1 aliphatic heterocycles. The Kier molecular flexibility index (Phi) is 2.71. The number of hydrogen-bond acceptors (Lipinski definition) is 3. The summed E-state index contributed by atoms with van der Waals surface area (Å²) in [6, 6.07) is 0. The first-order valence-electron chi connectivity index (χ1n) is 4.71. The van der Waals surface area contributed by atoms with Gasteiger partial charge in [0.1, 0.15) is 5.69 Å². The first-order valence-corrected chi connectivity index (χ1v) is 4.71. The molecule has 2 heterocycles. The summed E-state index contributed by atoms with van der Waals surface area (Å²) in [6.45, 7) is 0.846. The number of carbonyl (C=O) groups excluding carboxylic acids is 1. The predicted molar refractivity (Wildman–Crippen MR) is 47.0 cm³/mol. The highest BCUT2D eigenvalue weighted by Gasteiger charge is 2.37. The molecule has 2 rings (SSSR count). The molecule has 88 valence electrons. The molecule has 4 nitrogen and oxygen atoms in total. The maximum Gasteiger partial charge on any atom is 0.435 e. The Balaban J connectivity index is 2.25. The van der Waals surface area contributed by atoms with Gasteiger partial charge in [-0.25, -0.2) is 4.98 Å². The Morgan fingerprint density at radius 3 is 2.75 bits per heavy atom. The Labute approximate surface area is 89.0 Å². The van der Waals surface area contributed by atoms with Crippen LogP contribution in [0, 0.1) is 0 Å². The SMILES string of the molecule is O=Cc1c(C(F)(F)F)ncn1C[C@@H]1CCO1. The van der Waals surface area contributed by atoms with Gasteiger partial charge in [0.05, 0.1) is 19.0 Å². The minimum atomic E-state index is -4.60. The van der Waals surface area contributed by atoms with Gasteiger partial charge < -0.3 is 9.30 Å². The largest absolute Gasteiger partial charge is 0.435 e. The van der Waals surface area contributed by atoms with Gasteiger partial charge in [-0.15, -0.1) is 0 Å². The lowest BCUT2D eigenvalue weighted by Gasteiger charge is -2.26. The summed E-state index contributed by atoms with van der Waals surface area (Å²) in [6.07, 6.45) is -2.73. The number of ether oxygens (including phenoxy) is 1. The van der Waals surface area contributed by atoms with Crippen LogP contribution >= 0.6 is 0 Å². The average Bonchev–Trinajstić information content (AvgIpc) is 2.53. The fourth-order valence-corrected chi connectivity index (χ4v) is 1.53. The molecule has 1 atom stereocenters. The number of nitrogens with zero attached hydrogens (tertiary/aromatic N) is 2. The Morgan fingerprint density at radius 2 is 2.31 bits per heavy atom. The molecule has 1 saturated heterocycles. The third-order valence-corrected chi connectivity index (χ3v) is 2.45. The number of halogens is 3.